The Morgan fingerprint density at radius 3 is 2.62 bits per heavy atom. The number of amides is 1. The van der Waals surface area contributed by atoms with Crippen LogP contribution in [-0.2, 0) is 4.79 Å². The van der Waals surface area contributed by atoms with Crippen LogP contribution in [-0.4, -0.2) is 49.5 Å². The zero-order valence-corrected chi connectivity index (χ0v) is 14.3. The van der Waals surface area contributed by atoms with E-state index in [1.807, 2.05) is 20.8 Å². The van der Waals surface area contributed by atoms with Crippen molar-refractivity contribution < 1.29 is 4.79 Å². The van der Waals surface area contributed by atoms with E-state index in [2.05, 4.69) is 34.4 Å². The Balaban J connectivity index is 2.46. The van der Waals surface area contributed by atoms with Crippen LogP contribution in [0.2, 0.25) is 0 Å². The summed E-state index contributed by atoms with van der Waals surface area (Å²) in [7, 11) is 0. The highest BCUT2D eigenvalue weighted by atomic mass is 16.2. The molecule has 21 heavy (non-hydrogen) atoms. The van der Waals surface area contributed by atoms with Crippen molar-refractivity contribution in [3.63, 3.8) is 0 Å². The van der Waals surface area contributed by atoms with E-state index in [0.717, 1.165) is 31.5 Å². The van der Waals surface area contributed by atoms with Gasteiger partial charge in [0.15, 0.2) is 5.96 Å². The first-order valence-corrected chi connectivity index (χ1v) is 8.16. The van der Waals surface area contributed by atoms with E-state index in [1.165, 1.54) is 12.8 Å². The van der Waals surface area contributed by atoms with Gasteiger partial charge in [-0.05, 0) is 25.7 Å². The fourth-order valence-corrected chi connectivity index (χ4v) is 2.40. The lowest BCUT2D eigenvalue weighted by molar-refractivity contribution is -0.128. The van der Waals surface area contributed by atoms with Crippen molar-refractivity contribution in [2.75, 3.05) is 32.7 Å². The van der Waals surface area contributed by atoms with Crippen molar-refractivity contribution in [1.29, 1.82) is 0 Å². The van der Waals surface area contributed by atoms with Gasteiger partial charge in [0.1, 0.15) is 0 Å². The Morgan fingerprint density at radius 2 is 2.05 bits per heavy atom. The molecule has 0 aliphatic carbocycles. The molecule has 1 fully saturated rings. The summed E-state index contributed by atoms with van der Waals surface area (Å²) in [6.07, 6.45) is 2.53. The molecule has 0 bridgehead atoms. The highest BCUT2D eigenvalue weighted by molar-refractivity contribution is 5.81. The summed E-state index contributed by atoms with van der Waals surface area (Å²) in [5.41, 5.74) is -0.337. The van der Waals surface area contributed by atoms with Crippen LogP contribution in [0.3, 0.4) is 0 Å². The summed E-state index contributed by atoms with van der Waals surface area (Å²) >= 11 is 0. The van der Waals surface area contributed by atoms with Gasteiger partial charge in [-0.3, -0.25) is 9.79 Å². The Hall–Kier alpha value is -1.26. The topological polar surface area (TPSA) is 56.7 Å². The van der Waals surface area contributed by atoms with Crippen molar-refractivity contribution >= 4 is 11.9 Å². The molecule has 1 aliphatic rings. The van der Waals surface area contributed by atoms with E-state index in [0.29, 0.717) is 13.1 Å². The van der Waals surface area contributed by atoms with E-state index in [1.54, 1.807) is 0 Å². The number of likely N-dealkylation sites (tertiary alicyclic amines) is 1. The Bertz CT molecular complexity index is 360. The number of hydrogen-bond donors (Lipinski definition) is 2. The summed E-state index contributed by atoms with van der Waals surface area (Å²) in [6.45, 7) is 14.4. The molecule has 5 heteroatoms. The third-order valence-corrected chi connectivity index (χ3v) is 3.63. The predicted octanol–water partition coefficient (Wildman–Crippen LogP) is 1.85. The number of carbonyl (C=O) groups is 1. The number of nitrogens with one attached hydrogen (secondary N) is 2. The maximum Gasteiger partial charge on any atom is 0.225 e. The van der Waals surface area contributed by atoms with Gasteiger partial charge in [0, 0.05) is 31.6 Å². The number of piperidine rings is 1. The molecule has 0 saturated carbocycles. The Kier molecular flexibility index (Phi) is 6.99. The van der Waals surface area contributed by atoms with E-state index in [4.69, 9.17) is 0 Å². The number of guanidine groups is 1. The van der Waals surface area contributed by atoms with E-state index in [9.17, 15) is 4.79 Å². The third-order valence-electron chi connectivity index (χ3n) is 3.63. The minimum absolute atomic E-state index is 0.0781. The summed E-state index contributed by atoms with van der Waals surface area (Å²) in [5, 5.41) is 6.29. The number of rotatable bonds is 4. The smallest absolute Gasteiger partial charge is 0.225 e. The standard InChI is InChI=1S/C16H32N4O/c1-6-17-15(20-11-7-8-13(2)12-20)19-10-9-18-14(21)16(3,4)5/h13H,6-12H2,1-5H3,(H,17,19)(H,18,21). The number of aliphatic imine (C=N–C) groups is 1. The molecule has 5 nitrogen and oxygen atoms in total. The van der Waals surface area contributed by atoms with E-state index < -0.39 is 0 Å². The molecule has 2 N–H and O–H groups in total. The first kappa shape index (κ1) is 17.8. The molecule has 0 aromatic carbocycles. The summed E-state index contributed by atoms with van der Waals surface area (Å²) in [6, 6.07) is 0. The van der Waals surface area contributed by atoms with Crippen molar-refractivity contribution in [2.45, 2.75) is 47.5 Å². The van der Waals surface area contributed by atoms with Crippen LogP contribution in [0.4, 0.5) is 0 Å². The average molecular weight is 296 g/mol. The summed E-state index contributed by atoms with van der Waals surface area (Å²) < 4.78 is 0. The molecule has 122 valence electrons. The first-order chi connectivity index (χ1) is 9.84. The second-order valence-electron chi connectivity index (χ2n) is 6.93. The van der Waals surface area contributed by atoms with E-state index in [-0.39, 0.29) is 11.3 Å². The SMILES string of the molecule is CCNC(=NCCNC(=O)C(C)(C)C)N1CCCC(C)C1. The minimum Gasteiger partial charge on any atom is -0.357 e. The lowest BCUT2D eigenvalue weighted by Gasteiger charge is -2.33. The zero-order chi connectivity index (χ0) is 15.9. The van der Waals surface area contributed by atoms with Gasteiger partial charge >= 0.3 is 0 Å². The van der Waals surface area contributed by atoms with Crippen LogP contribution in [0.25, 0.3) is 0 Å². The maximum absolute atomic E-state index is 11.8. The molecule has 1 heterocycles. The largest absolute Gasteiger partial charge is 0.357 e. The van der Waals surface area contributed by atoms with Crippen molar-refractivity contribution in [3.05, 3.63) is 0 Å². The maximum atomic E-state index is 11.8. The number of hydrogen-bond acceptors (Lipinski definition) is 2. The summed E-state index contributed by atoms with van der Waals surface area (Å²) in [5.74, 6) is 1.78. The van der Waals surface area contributed by atoms with Crippen LogP contribution in [0.5, 0.6) is 0 Å². The molecule has 1 rings (SSSR count). The molecule has 0 spiro atoms. The molecular weight excluding hydrogens is 264 g/mol. The molecule has 1 unspecified atom stereocenters. The monoisotopic (exact) mass is 296 g/mol. The first-order valence-electron chi connectivity index (χ1n) is 8.16. The van der Waals surface area contributed by atoms with Gasteiger partial charge < -0.3 is 15.5 Å². The molecule has 0 radical (unpaired) electrons. The number of nitrogens with zero attached hydrogens (tertiary/aromatic N) is 2. The minimum atomic E-state index is -0.337. The molecule has 0 aromatic rings. The molecule has 1 amide bonds. The Morgan fingerprint density at radius 1 is 1.33 bits per heavy atom. The van der Waals surface area contributed by atoms with Crippen molar-refractivity contribution in [2.24, 2.45) is 16.3 Å². The molecular formula is C16H32N4O. The molecule has 1 aliphatic heterocycles. The second kappa shape index (κ2) is 8.25. The average Bonchev–Trinajstić information content (AvgIpc) is 2.41. The van der Waals surface area contributed by atoms with E-state index >= 15 is 0 Å². The normalized spacial score (nSPS) is 20.3. The van der Waals surface area contributed by atoms with Gasteiger partial charge in [-0.1, -0.05) is 27.7 Å². The van der Waals surface area contributed by atoms with Gasteiger partial charge in [0.05, 0.1) is 6.54 Å². The van der Waals surface area contributed by atoms with Crippen molar-refractivity contribution in [3.8, 4) is 0 Å². The quantitative estimate of drug-likeness (QED) is 0.473. The highest BCUT2D eigenvalue weighted by Crippen LogP contribution is 2.15. The highest BCUT2D eigenvalue weighted by Gasteiger charge is 2.21. The second-order valence-corrected chi connectivity index (χ2v) is 6.93. The van der Waals surface area contributed by atoms with Crippen LogP contribution >= 0.6 is 0 Å². The van der Waals surface area contributed by atoms with Crippen LogP contribution in [0.1, 0.15) is 47.5 Å². The molecule has 1 atom stereocenters. The lowest BCUT2D eigenvalue weighted by atomic mass is 9.96. The fraction of sp³-hybridized carbons (Fsp3) is 0.875. The third kappa shape index (κ3) is 6.36. The Labute approximate surface area is 129 Å². The van der Waals surface area contributed by atoms with Crippen LogP contribution in [0.15, 0.2) is 4.99 Å². The van der Waals surface area contributed by atoms with Crippen LogP contribution < -0.4 is 10.6 Å². The number of carbonyl (C=O) groups excluding carboxylic acids is 1. The van der Waals surface area contributed by atoms with Gasteiger partial charge in [-0.15, -0.1) is 0 Å². The van der Waals surface area contributed by atoms with Gasteiger partial charge in [0.2, 0.25) is 5.91 Å². The van der Waals surface area contributed by atoms with Gasteiger partial charge in [0.25, 0.3) is 0 Å². The lowest BCUT2D eigenvalue weighted by Crippen LogP contribution is -2.46. The van der Waals surface area contributed by atoms with Gasteiger partial charge in [-0.2, -0.15) is 0 Å². The van der Waals surface area contributed by atoms with Crippen LogP contribution in [0, 0.1) is 11.3 Å². The van der Waals surface area contributed by atoms with Gasteiger partial charge in [-0.25, -0.2) is 0 Å². The molecule has 1 saturated heterocycles. The zero-order valence-electron chi connectivity index (χ0n) is 14.3. The summed E-state index contributed by atoms with van der Waals surface area (Å²) in [4.78, 5) is 18.8. The van der Waals surface area contributed by atoms with Crippen molar-refractivity contribution in [1.82, 2.24) is 15.5 Å². The fourth-order valence-electron chi connectivity index (χ4n) is 2.40. The molecule has 0 aromatic heterocycles. The predicted molar refractivity (Wildman–Crippen MR) is 88.4 cm³/mol.